The summed E-state index contributed by atoms with van der Waals surface area (Å²) in [6.07, 6.45) is 1.33. The summed E-state index contributed by atoms with van der Waals surface area (Å²) in [7, 11) is 0. The Kier molecular flexibility index (Phi) is 4.37. The summed E-state index contributed by atoms with van der Waals surface area (Å²) in [5.74, 6) is 0. The lowest BCUT2D eigenvalue weighted by molar-refractivity contribution is -0.0901. The summed E-state index contributed by atoms with van der Waals surface area (Å²) < 4.78 is 10.9. The predicted octanol–water partition coefficient (Wildman–Crippen LogP) is 3.93. The molecule has 21 heavy (non-hydrogen) atoms. The van der Waals surface area contributed by atoms with Crippen molar-refractivity contribution in [3.8, 4) is 0 Å². The van der Waals surface area contributed by atoms with Crippen LogP contribution in [0.1, 0.15) is 29.7 Å². The molecule has 1 atom stereocenters. The molecule has 1 unspecified atom stereocenters. The molecular formula is C19H22O2. The van der Waals surface area contributed by atoms with Crippen LogP contribution in [0.2, 0.25) is 0 Å². The molecule has 1 fully saturated rings. The standard InChI is InChI=1S/C11H14O2.C8H8/c1-9-2-4-10(5-3-9)11-8-12-6-7-13-11;1-2-6-5-7-3-4-8(6)7/h2-5,11H,6-8H2,1H3;3-5H,2H2,1H3. The van der Waals surface area contributed by atoms with Crippen LogP contribution in [0.3, 0.4) is 0 Å². The molecule has 1 saturated heterocycles. The Morgan fingerprint density at radius 1 is 1.05 bits per heavy atom. The first-order valence-electron chi connectivity index (χ1n) is 7.67. The van der Waals surface area contributed by atoms with Gasteiger partial charge in [-0.15, -0.1) is 0 Å². The van der Waals surface area contributed by atoms with Crippen molar-refractivity contribution >= 4 is 0 Å². The minimum Gasteiger partial charge on any atom is -0.376 e. The molecule has 3 aliphatic rings. The van der Waals surface area contributed by atoms with Gasteiger partial charge in [-0.1, -0.05) is 55.0 Å². The lowest BCUT2D eigenvalue weighted by Gasteiger charge is -2.23. The number of aryl methyl sites for hydroxylation is 2. The summed E-state index contributed by atoms with van der Waals surface area (Å²) in [6, 6.07) is 15.0. The van der Waals surface area contributed by atoms with Gasteiger partial charge in [-0.2, -0.15) is 0 Å². The van der Waals surface area contributed by atoms with Gasteiger partial charge in [-0.25, -0.2) is 0 Å². The number of hydrogen-bond acceptors (Lipinski definition) is 2. The van der Waals surface area contributed by atoms with E-state index in [9.17, 15) is 0 Å². The highest BCUT2D eigenvalue weighted by Gasteiger charge is 2.15. The van der Waals surface area contributed by atoms with Crippen molar-refractivity contribution in [2.45, 2.75) is 26.4 Å². The second-order valence-corrected chi connectivity index (χ2v) is 5.57. The van der Waals surface area contributed by atoms with Crippen molar-refractivity contribution in [1.29, 1.82) is 0 Å². The molecule has 0 spiro atoms. The molecule has 110 valence electrons. The summed E-state index contributed by atoms with van der Waals surface area (Å²) >= 11 is 0. The van der Waals surface area contributed by atoms with E-state index in [-0.39, 0.29) is 6.10 Å². The average molecular weight is 282 g/mol. The van der Waals surface area contributed by atoms with Gasteiger partial charge in [0.25, 0.3) is 0 Å². The highest BCUT2D eigenvalue weighted by molar-refractivity contribution is 5.33. The molecule has 2 aliphatic carbocycles. The van der Waals surface area contributed by atoms with Crippen molar-refractivity contribution in [3.63, 3.8) is 0 Å². The van der Waals surface area contributed by atoms with Crippen LogP contribution >= 0.6 is 0 Å². The lowest BCUT2D eigenvalue weighted by Crippen LogP contribution is -2.21. The Labute approximate surface area is 126 Å². The van der Waals surface area contributed by atoms with Crippen LogP contribution in [0, 0.1) is 17.4 Å². The Balaban J connectivity index is 0.000000140. The minimum atomic E-state index is 0.134. The van der Waals surface area contributed by atoms with Crippen molar-refractivity contribution in [1.82, 2.24) is 0 Å². The lowest BCUT2D eigenvalue weighted by atomic mass is 9.98. The Morgan fingerprint density at radius 3 is 2.29 bits per heavy atom. The third kappa shape index (κ3) is 3.17. The van der Waals surface area contributed by atoms with E-state index in [2.05, 4.69) is 56.3 Å². The molecule has 2 nitrogen and oxygen atoms in total. The largest absolute Gasteiger partial charge is 0.376 e. The van der Waals surface area contributed by atoms with Crippen LogP contribution in [0.25, 0.3) is 0 Å². The fourth-order valence-corrected chi connectivity index (χ4v) is 2.62. The van der Waals surface area contributed by atoms with E-state index >= 15 is 0 Å². The number of hydrogen-bond donors (Lipinski definition) is 0. The van der Waals surface area contributed by atoms with Crippen molar-refractivity contribution < 1.29 is 9.47 Å². The first-order valence-corrected chi connectivity index (χ1v) is 7.67. The molecular weight excluding hydrogens is 260 g/mol. The number of ether oxygens (including phenoxy) is 2. The third-order valence-corrected chi connectivity index (χ3v) is 4.06. The van der Waals surface area contributed by atoms with E-state index in [1.165, 1.54) is 33.5 Å². The van der Waals surface area contributed by atoms with Crippen molar-refractivity contribution in [2.24, 2.45) is 0 Å². The van der Waals surface area contributed by atoms with E-state index in [1.54, 1.807) is 0 Å². The smallest absolute Gasteiger partial charge is 0.106 e. The van der Waals surface area contributed by atoms with Gasteiger partial charge in [0, 0.05) is 0 Å². The summed E-state index contributed by atoms with van der Waals surface area (Å²) in [5, 5.41) is 2.97. The number of benzene rings is 2. The molecule has 0 radical (unpaired) electrons. The van der Waals surface area contributed by atoms with Crippen LogP contribution in [0.5, 0.6) is 0 Å². The van der Waals surface area contributed by atoms with E-state index < -0.39 is 0 Å². The van der Waals surface area contributed by atoms with Crippen LogP contribution in [0.4, 0.5) is 0 Å². The zero-order valence-electron chi connectivity index (χ0n) is 12.8. The molecule has 1 aliphatic heterocycles. The maximum atomic E-state index is 5.58. The van der Waals surface area contributed by atoms with E-state index in [0.29, 0.717) is 13.2 Å². The molecule has 0 N–H and O–H groups in total. The fraction of sp³-hybridized carbons (Fsp3) is 0.368. The molecule has 0 aromatic heterocycles. The molecule has 1 aromatic carbocycles. The van der Waals surface area contributed by atoms with Gasteiger partial charge in [-0.05, 0) is 34.9 Å². The monoisotopic (exact) mass is 282 g/mol. The summed E-state index contributed by atoms with van der Waals surface area (Å²) in [4.78, 5) is 0. The summed E-state index contributed by atoms with van der Waals surface area (Å²) in [6.45, 7) is 6.40. The molecule has 0 bridgehead atoms. The van der Waals surface area contributed by atoms with Crippen LogP contribution < -0.4 is 0 Å². The first kappa shape index (κ1) is 14.3. The minimum absolute atomic E-state index is 0.134. The van der Waals surface area contributed by atoms with E-state index in [4.69, 9.17) is 9.47 Å². The number of rotatable bonds is 2. The van der Waals surface area contributed by atoms with Gasteiger partial charge < -0.3 is 9.47 Å². The molecule has 4 rings (SSSR count). The van der Waals surface area contributed by atoms with E-state index in [0.717, 1.165) is 6.61 Å². The maximum absolute atomic E-state index is 5.58. The van der Waals surface area contributed by atoms with E-state index in [1.807, 2.05) is 0 Å². The summed E-state index contributed by atoms with van der Waals surface area (Å²) in [5.41, 5.74) is 4.02. The highest BCUT2D eigenvalue weighted by atomic mass is 16.6. The van der Waals surface area contributed by atoms with Gasteiger partial charge in [0.05, 0.1) is 19.8 Å². The zero-order chi connectivity index (χ0) is 14.7. The van der Waals surface area contributed by atoms with Crippen molar-refractivity contribution in [3.05, 3.63) is 69.6 Å². The molecule has 1 heterocycles. The maximum Gasteiger partial charge on any atom is 0.106 e. The Bertz CT molecular complexity index is 682. The molecule has 0 amide bonds. The van der Waals surface area contributed by atoms with Crippen molar-refractivity contribution in [2.75, 3.05) is 19.8 Å². The SMILES string of the molecule is CCc1cc2ccc1=2.Cc1ccc(C2COCCO2)cc1. The van der Waals surface area contributed by atoms with Gasteiger partial charge in [0.1, 0.15) is 6.10 Å². The van der Waals surface area contributed by atoms with Gasteiger partial charge in [0.2, 0.25) is 0 Å². The van der Waals surface area contributed by atoms with Gasteiger partial charge in [-0.3, -0.25) is 0 Å². The second kappa shape index (κ2) is 6.42. The van der Waals surface area contributed by atoms with Crippen LogP contribution in [0.15, 0.2) is 42.5 Å². The fourth-order valence-electron chi connectivity index (χ4n) is 2.62. The Morgan fingerprint density at radius 2 is 1.86 bits per heavy atom. The second-order valence-electron chi connectivity index (χ2n) is 5.57. The van der Waals surface area contributed by atoms with Crippen LogP contribution in [-0.2, 0) is 15.9 Å². The molecule has 0 saturated carbocycles. The predicted molar refractivity (Wildman–Crippen MR) is 84.2 cm³/mol. The van der Waals surface area contributed by atoms with Gasteiger partial charge in [0.15, 0.2) is 0 Å². The average Bonchev–Trinajstić information content (AvgIpc) is 2.52. The quantitative estimate of drug-likeness (QED) is 0.709. The Hall–Kier alpha value is -1.64. The zero-order valence-corrected chi connectivity index (χ0v) is 12.8. The topological polar surface area (TPSA) is 18.5 Å². The van der Waals surface area contributed by atoms with Gasteiger partial charge >= 0.3 is 0 Å². The van der Waals surface area contributed by atoms with Crippen LogP contribution in [-0.4, -0.2) is 19.8 Å². The molecule has 1 aromatic rings. The highest BCUT2D eigenvalue weighted by Crippen LogP contribution is 2.20. The molecule has 2 heteroatoms. The third-order valence-electron chi connectivity index (χ3n) is 4.06. The normalized spacial score (nSPS) is 18.7. The first-order chi connectivity index (χ1) is 10.3.